The molecule has 2 amide bonds. The van der Waals surface area contributed by atoms with E-state index in [0.717, 1.165) is 30.0 Å². The summed E-state index contributed by atoms with van der Waals surface area (Å²) in [5.41, 5.74) is 7.07. The molecule has 0 spiro atoms. The molecule has 2 aromatic rings. The van der Waals surface area contributed by atoms with Gasteiger partial charge in [-0.1, -0.05) is 0 Å². The summed E-state index contributed by atoms with van der Waals surface area (Å²) in [4.78, 5) is 37.2. The normalized spacial score (nSPS) is 16.0. The van der Waals surface area contributed by atoms with Crippen molar-refractivity contribution in [2.24, 2.45) is 5.73 Å². The van der Waals surface area contributed by atoms with Crippen molar-refractivity contribution in [1.82, 2.24) is 0 Å². The van der Waals surface area contributed by atoms with Crippen molar-refractivity contribution in [3.05, 3.63) is 55.9 Å². The molecule has 0 bridgehead atoms. The van der Waals surface area contributed by atoms with Crippen LogP contribution in [0.4, 0.5) is 10.7 Å². The fraction of sp³-hybridized carbons (Fsp3) is 0.333. The Bertz CT molecular complexity index is 905. The number of nitro benzene ring substituents is 1. The summed E-state index contributed by atoms with van der Waals surface area (Å²) < 4.78 is 0. The molecule has 1 atom stereocenters. The second-order valence-corrected chi connectivity index (χ2v) is 7.93. The number of rotatable bonds is 5. The van der Waals surface area contributed by atoms with Gasteiger partial charge in [-0.25, -0.2) is 0 Å². The summed E-state index contributed by atoms with van der Waals surface area (Å²) >= 11 is 1.38. The third kappa shape index (κ3) is 3.83. The van der Waals surface area contributed by atoms with Crippen LogP contribution in [0.1, 0.15) is 45.0 Å². The number of hydrogen-bond acceptors (Lipinski definition) is 5. The molecule has 0 saturated carbocycles. The van der Waals surface area contributed by atoms with Gasteiger partial charge in [0, 0.05) is 24.1 Å². The molecule has 9 heteroatoms. The zero-order valence-electron chi connectivity index (χ0n) is 15.1. The number of nitrogens with zero attached hydrogens (tertiary/aromatic N) is 1. The average Bonchev–Trinajstić information content (AvgIpc) is 2.98. The molecule has 2 heterocycles. The topological polar surface area (TPSA) is 120 Å². The van der Waals surface area contributed by atoms with Gasteiger partial charge in [-0.15, -0.1) is 11.3 Å². The van der Waals surface area contributed by atoms with Crippen molar-refractivity contribution in [1.29, 1.82) is 0 Å². The van der Waals surface area contributed by atoms with Crippen molar-refractivity contribution in [2.45, 2.75) is 32.9 Å². The third-order valence-corrected chi connectivity index (χ3v) is 5.95. The number of quaternary nitrogens is 1. The van der Waals surface area contributed by atoms with Gasteiger partial charge in [0.25, 0.3) is 17.5 Å². The summed E-state index contributed by atoms with van der Waals surface area (Å²) in [6.45, 7) is 6.02. The fourth-order valence-electron chi connectivity index (χ4n) is 3.25. The number of nitrogens with one attached hydrogen (secondary N) is 2. The van der Waals surface area contributed by atoms with E-state index in [1.807, 2.05) is 0 Å². The maximum atomic E-state index is 12.5. The first-order chi connectivity index (χ1) is 12.8. The van der Waals surface area contributed by atoms with Crippen molar-refractivity contribution < 1.29 is 19.4 Å². The van der Waals surface area contributed by atoms with Crippen LogP contribution in [0.25, 0.3) is 0 Å². The van der Waals surface area contributed by atoms with Crippen LogP contribution in [0.3, 0.4) is 0 Å². The Morgan fingerprint density at radius 3 is 2.52 bits per heavy atom. The molecule has 0 fully saturated rings. The van der Waals surface area contributed by atoms with Crippen molar-refractivity contribution >= 4 is 33.8 Å². The first kappa shape index (κ1) is 19.0. The van der Waals surface area contributed by atoms with Gasteiger partial charge in [0.2, 0.25) is 0 Å². The minimum absolute atomic E-state index is 0.0901. The Kier molecular flexibility index (Phi) is 5.24. The molecule has 8 nitrogen and oxygen atoms in total. The van der Waals surface area contributed by atoms with Crippen LogP contribution in [0.15, 0.2) is 24.3 Å². The SMILES string of the molecule is CC(C)[NH+]1CCc2c(sc(NC(=O)c3ccc([N+](=O)[O-])cc3)c2C(N)=O)C1. The number of nitrogens with two attached hydrogens (primary N) is 1. The van der Waals surface area contributed by atoms with Crippen LogP contribution in [-0.4, -0.2) is 29.3 Å². The van der Waals surface area contributed by atoms with E-state index in [4.69, 9.17) is 5.73 Å². The monoisotopic (exact) mass is 389 g/mol. The molecule has 1 aliphatic rings. The molecular weight excluding hydrogens is 368 g/mol. The Morgan fingerprint density at radius 2 is 1.96 bits per heavy atom. The summed E-state index contributed by atoms with van der Waals surface area (Å²) in [5.74, 6) is -0.987. The molecule has 1 unspecified atom stereocenters. The number of primary amides is 1. The van der Waals surface area contributed by atoms with Crippen molar-refractivity contribution in [3.63, 3.8) is 0 Å². The van der Waals surface area contributed by atoms with E-state index in [1.54, 1.807) is 0 Å². The van der Waals surface area contributed by atoms with Crippen molar-refractivity contribution in [3.8, 4) is 0 Å². The highest BCUT2D eigenvalue weighted by molar-refractivity contribution is 7.17. The summed E-state index contributed by atoms with van der Waals surface area (Å²) in [7, 11) is 0. The van der Waals surface area contributed by atoms with Gasteiger partial charge in [0.1, 0.15) is 11.5 Å². The number of hydrogen-bond donors (Lipinski definition) is 3. The van der Waals surface area contributed by atoms with Gasteiger partial charge in [0.15, 0.2) is 0 Å². The first-order valence-corrected chi connectivity index (χ1v) is 9.44. The largest absolute Gasteiger partial charge is 0.365 e. The lowest BCUT2D eigenvalue weighted by Crippen LogP contribution is -3.14. The highest BCUT2D eigenvalue weighted by Gasteiger charge is 2.30. The van der Waals surface area contributed by atoms with Crippen molar-refractivity contribution in [2.75, 3.05) is 11.9 Å². The summed E-state index contributed by atoms with van der Waals surface area (Å²) in [6.07, 6.45) is 0.741. The van der Waals surface area contributed by atoms with Crippen LogP contribution in [0.5, 0.6) is 0 Å². The molecule has 142 valence electrons. The van der Waals surface area contributed by atoms with E-state index >= 15 is 0 Å². The molecule has 0 saturated heterocycles. The molecule has 1 aromatic carbocycles. The van der Waals surface area contributed by atoms with Crippen LogP contribution in [0, 0.1) is 10.1 Å². The minimum atomic E-state index is -0.556. The number of non-ortho nitro benzene ring substituents is 1. The zero-order chi connectivity index (χ0) is 19.7. The molecule has 3 rings (SSSR count). The summed E-state index contributed by atoms with van der Waals surface area (Å²) in [6, 6.07) is 5.78. The predicted molar refractivity (Wildman–Crippen MR) is 102 cm³/mol. The van der Waals surface area contributed by atoms with E-state index in [-0.39, 0.29) is 11.3 Å². The lowest BCUT2D eigenvalue weighted by Gasteiger charge is -2.27. The number of benzene rings is 1. The van der Waals surface area contributed by atoms with Gasteiger partial charge in [0.05, 0.1) is 28.0 Å². The number of amides is 2. The Labute approximate surface area is 160 Å². The van der Waals surface area contributed by atoms with Crippen LogP contribution < -0.4 is 16.0 Å². The number of nitro groups is 1. The molecule has 1 aliphatic heterocycles. The van der Waals surface area contributed by atoms with Gasteiger partial charge in [-0.3, -0.25) is 19.7 Å². The van der Waals surface area contributed by atoms with Crippen LogP contribution in [-0.2, 0) is 13.0 Å². The maximum absolute atomic E-state index is 12.5. The number of carbonyl (C=O) groups is 2. The maximum Gasteiger partial charge on any atom is 0.269 e. The third-order valence-electron chi connectivity index (χ3n) is 4.80. The molecule has 0 aliphatic carbocycles. The Morgan fingerprint density at radius 1 is 1.30 bits per heavy atom. The molecule has 0 radical (unpaired) electrons. The molecule has 1 aromatic heterocycles. The minimum Gasteiger partial charge on any atom is -0.365 e. The molecular formula is C18H21N4O4S+. The first-order valence-electron chi connectivity index (χ1n) is 8.62. The zero-order valence-corrected chi connectivity index (χ0v) is 15.9. The summed E-state index contributed by atoms with van der Waals surface area (Å²) in [5, 5.41) is 13.9. The molecule has 27 heavy (non-hydrogen) atoms. The number of fused-ring (bicyclic) bond motifs is 1. The quantitative estimate of drug-likeness (QED) is 0.528. The van der Waals surface area contributed by atoms with Gasteiger partial charge in [-0.05, 0) is 31.5 Å². The Balaban J connectivity index is 1.87. The highest BCUT2D eigenvalue weighted by atomic mass is 32.1. The van der Waals surface area contributed by atoms with E-state index < -0.39 is 16.7 Å². The standard InChI is InChI=1S/C18H20N4O4S/c1-10(2)21-8-7-13-14(9-21)27-18(15(13)16(19)23)20-17(24)11-3-5-12(6-4-11)22(25)26/h3-6,10H,7-9H2,1-2H3,(H2,19,23)(H,20,24)/p+1. The second kappa shape index (κ2) is 7.45. The van der Waals surface area contributed by atoms with Crippen LogP contribution in [0.2, 0.25) is 0 Å². The highest BCUT2D eigenvalue weighted by Crippen LogP contribution is 2.34. The second-order valence-electron chi connectivity index (χ2n) is 6.82. The Hall–Kier alpha value is -2.78. The smallest absolute Gasteiger partial charge is 0.269 e. The number of anilines is 1. The predicted octanol–water partition coefficient (Wildman–Crippen LogP) is 1.36. The van der Waals surface area contributed by atoms with E-state index in [2.05, 4.69) is 19.2 Å². The van der Waals surface area contributed by atoms with Gasteiger partial charge >= 0.3 is 0 Å². The lowest BCUT2D eigenvalue weighted by molar-refractivity contribution is -0.936. The lowest BCUT2D eigenvalue weighted by atomic mass is 10.0. The van der Waals surface area contributed by atoms with Gasteiger partial charge < -0.3 is 16.0 Å². The average molecular weight is 389 g/mol. The van der Waals surface area contributed by atoms with E-state index in [9.17, 15) is 19.7 Å². The number of thiophene rings is 1. The van der Waals surface area contributed by atoms with E-state index in [1.165, 1.54) is 40.5 Å². The molecule has 4 N–H and O–H groups in total. The number of carbonyl (C=O) groups excluding carboxylic acids is 2. The van der Waals surface area contributed by atoms with Gasteiger partial charge in [-0.2, -0.15) is 0 Å². The van der Waals surface area contributed by atoms with E-state index in [0.29, 0.717) is 16.6 Å². The fourth-order valence-corrected chi connectivity index (χ4v) is 4.55. The van der Waals surface area contributed by atoms with Crippen LogP contribution >= 0.6 is 11.3 Å².